The van der Waals surface area contributed by atoms with E-state index in [0.717, 1.165) is 42.9 Å². The molecule has 1 aromatic heterocycles. The first-order chi connectivity index (χ1) is 14.1. The van der Waals surface area contributed by atoms with Gasteiger partial charge in [-0.15, -0.1) is 0 Å². The van der Waals surface area contributed by atoms with Crippen molar-refractivity contribution in [3.05, 3.63) is 47.3 Å². The van der Waals surface area contributed by atoms with Crippen molar-refractivity contribution >= 4 is 11.9 Å². The lowest BCUT2D eigenvalue weighted by Gasteiger charge is -2.37. The normalized spacial score (nSPS) is 18.1. The fraction of sp³-hybridized carbons (Fsp3) is 0.476. The number of methoxy groups -OCH3 is 1. The van der Waals surface area contributed by atoms with E-state index in [-0.39, 0.29) is 5.91 Å². The Kier molecular flexibility index (Phi) is 5.64. The van der Waals surface area contributed by atoms with Gasteiger partial charge >= 0.3 is 0 Å². The third-order valence-corrected chi connectivity index (χ3v) is 5.33. The quantitative estimate of drug-likeness (QED) is 0.825. The summed E-state index contributed by atoms with van der Waals surface area (Å²) in [7, 11) is 1.62. The summed E-state index contributed by atoms with van der Waals surface area (Å²) in [5.74, 6) is 0.625. The van der Waals surface area contributed by atoms with Gasteiger partial charge < -0.3 is 24.4 Å². The van der Waals surface area contributed by atoms with Gasteiger partial charge in [-0.05, 0) is 19.1 Å². The zero-order valence-electron chi connectivity index (χ0n) is 16.8. The Labute approximate surface area is 170 Å². The van der Waals surface area contributed by atoms with Crippen LogP contribution < -0.4 is 15.0 Å². The number of aryl methyl sites for hydroxylation is 1. The van der Waals surface area contributed by atoms with Crippen molar-refractivity contribution in [3.8, 4) is 5.75 Å². The van der Waals surface area contributed by atoms with Crippen LogP contribution in [0, 0.1) is 6.92 Å². The Balaban J connectivity index is 1.43. The zero-order chi connectivity index (χ0) is 20.3. The average molecular weight is 398 g/mol. The van der Waals surface area contributed by atoms with Crippen LogP contribution in [0.25, 0.3) is 0 Å². The van der Waals surface area contributed by atoms with Crippen LogP contribution in [0.4, 0.5) is 5.95 Å². The van der Waals surface area contributed by atoms with Crippen LogP contribution in [-0.2, 0) is 16.0 Å². The summed E-state index contributed by atoms with van der Waals surface area (Å²) in [6.07, 6.45) is 1.53. The van der Waals surface area contributed by atoms with E-state index in [0.29, 0.717) is 31.4 Å². The molecule has 4 rings (SSSR count). The smallest absolute Gasteiger partial charge is 0.270 e. The molecule has 0 bridgehead atoms. The van der Waals surface area contributed by atoms with E-state index in [1.54, 1.807) is 13.2 Å². The summed E-state index contributed by atoms with van der Waals surface area (Å²) in [5.41, 5.74) is 2.02. The molecule has 1 aromatic carbocycles. The molecule has 2 aliphatic heterocycles. The monoisotopic (exact) mass is 398 g/mol. The maximum Gasteiger partial charge on any atom is 0.270 e. The number of anilines is 1. The van der Waals surface area contributed by atoms with Crippen LogP contribution in [-0.4, -0.2) is 55.1 Å². The lowest BCUT2D eigenvalue weighted by molar-refractivity contribution is -0.169. The van der Waals surface area contributed by atoms with Gasteiger partial charge in [-0.3, -0.25) is 4.79 Å². The van der Waals surface area contributed by atoms with E-state index in [2.05, 4.69) is 20.2 Å². The molecule has 2 aliphatic rings. The zero-order valence-corrected chi connectivity index (χ0v) is 16.8. The van der Waals surface area contributed by atoms with Crippen LogP contribution in [0.2, 0.25) is 0 Å². The first-order valence-electron chi connectivity index (χ1n) is 9.87. The molecule has 2 saturated heterocycles. The summed E-state index contributed by atoms with van der Waals surface area (Å²) < 4.78 is 16.9. The summed E-state index contributed by atoms with van der Waals surface area (Å²) >= 11 is 0. The molecule has 1 amide bonds. The number of carbonyl (C=O) groups excluding carboxylic acids is 1. The van der Waals surface area contributed by atoms with Gasteiger partial charge in [0.25, 0.3) is 5.91 Å². The summed E-state index contributed by atoms with van der Waals surface area (Å²) in [4.78, 5) is 23.8. The van der Waals surface area contributed by atoms with Crippen LogP contribution in [0.1, 0.15) is 34.6 Å². The molecular weight excluding hydrogens is 372 g/mol. The van der Waals surface area contributed by atoms with E-state index < -0.39 is 5.79 Å². The van der Waals surface area contributed by atoms with E-state index in [1.165, 1.54) is 0 Å². The lowest BCUT2D eigenvalue weighted by Crippen LogP contribution is -2.45. The predicted octanol–water partition coefficient (Wildman–Crippen LogP) is 2.07. The number of ether oxygens (including phenoxy) is 3. The number of rotatable bonds is 5. The Morgan fingerprint density at radius 2 is 1.93 bits per heavy atom. The minimum absolute atomic E-state index is 0.237. The van der Waals surface area contributed by atoms with Crippen LogP contribution in [0.3, 0.4) is 0 Å². The standard InChI is InChI=1S/C21H26N4O4/c1-15-13-17(19(26)22-14-16-5-3-4-6-18(16)27-2)24-20(23-15)25-9-7-21(8-10-25)28-11-12-29-21/h3-6,13H,7-12,14H2,1-2H3,(H,22,26). The minimum atomic E-state index is -0.449. The largest absolute Gasteiger partial charge is 0.496 e. The molecule has 1 N–H and O–H groups in total. The highest BCUT2D eigenvalue weighted by molar-refractivity contribution is 5.92. The fourth-order valence-electron chi connectivity index (χ4n) is 3.76. The molecule has 0 aliphatic carbocycles. The van der Waals surface area contributed by atoms with Gasteiger partial charge in [-0.25, -0.2) is 9.97 Å². The van der Waals surface area contributed by atoms with Crippen molar-refractivity contribution in [2.24, 2.45) is 0 Å². The molecule has 3 heterocycles. The average Bonchev–Trinajstić information content (AvgIpc) is 3.20. The van der Waals surface area contributed by atoms with Gasteiger partial charge in [0.1, 0.15) is 11.4 Å². The number of para-hydroxylation sites is 1. The Morgan fingerprint density at radius 1 is 1.21 bits per heavy atom. The van der Waals surface area contributed by atoms with Crippen LogP contribution >= 0.6 is 0 Å². The number of carbonyl (C=O) groups is 1. The topological polar surface area (TPSA) is 85.8 Å². The first kappa shape index (κ1) is 19.6. The number of amides is 1. The minimum Gasteiger partial charge on any atom is -0.496 e. The van der Waals surface area contributed by atoms with Crippen molar-refractivity contribution in [1.82, 2.24) is 15.3 Å². The molecule has 0 radical (unpaired) electrons. The van der Waals surface area contributed by atoms with E-state index >= 15 is 0 Å². The SMILES string of the molecule is COc1ccccc1CNC(=O)c1cc(C)nc(N2CCC3(CC2)OCCO3)n1. The Bertz CT molecular complexity index is 873. The fourth-order valence-corrected chi connectivity index (χ4v) is 3.76. The van der Waals surface area contributed by atoms with E-state index in [9.17, 15) is 4.79 Å². The molecular formula is C21H26N4O4. The number of aromatic nitrogens is 2. The molecule has 0 unspecified atom stereocenters. The third-order valence-electron chi connectivity index (χ3n) is 5.33. The highest BCUT2D eigenvalue weighted by Crippen LogP contribution is 2.32. The van der Waals surface area contributed by atoms with Crippen LogP contribution in [0.15, 0.2) is 30.3 Å². The molecule has 8 nitrogen and oxygen atoms in total. The van der Waals surface area contributed by atoms with Gasteiger partial charge in [-0.2, -0.15) is 0 Å². The maximum absolute atomic E-state index is 12.7. The van der Waals surface area contributed by atoms with Crippen LogP contribution in [0.5, 0.6) is 5.75 Å². The lowest BCUT2D eigenvalue weighted by atomic mass is 10.0. The van der Waals surface area contributed by atoms with E-state index in [1.807, 2.05) is 31.2 Å². The van der Waals surface area contributed by atoms with Crippen molar-refractivity contribution < 1.29 is 19.0 Å². The summed E-state index contributed by atoms with van der Waals surface area (Å²) in [6, 6.07) is 9.31. The van der Waals surface area contributed by atoms with Crippen molar-refractivity contribution in [2.75, 3.05) is 38.3 Å². The van der Waals surface area contributed by atoms with Gasteiger partial charge in [0, 0.05) is 43.7 Å². The Hall–Kier alpha value is -2.71. The molecule has 2 fully saturated rings. The number of hydrogen-bond acceptors (Lipinski definition) is 7. The third kappa shape index (κ3) is 4.33. The molecule has 29 heavy (non-hydrogen) atoms. The number of benzene rings is 1. The molecule has 8 heteroatoms. The molecule has 154 valence electrons. The predicted molar refractivity (Wildman–Crippen MR) is 107 cm³/mol. The van der Waals surface area contributed by atoms with Crippen molar-refractivity contribution in [1.29, 1.82) is 0 Å². The highest BCUT2D eigenvalue weighted by Gasteiger charge is 2.40. The second-order valence-corrected chi connectivity index (χ2v) is 7.28. The number of nitrogens with one attached hydrogen (secondary N) is 1. The number of nitrogens with zero attached hydrogens (tertiary/aromatic N) is 3. The molecule has 0 atom stereocenters. The number of hydrogen-bond donors (Lipinski definition) is 1. The molecule has 1 spiro atoms. The van der Waals surface area contributed by atoms with E-state index in [4.69, 9.17) is 14.2 Å². The second kappa shape index (κ2) is 8.34. The summed E-state index contributed by atoms with van der Waals surface area (Å²) in [5, 5.41) is 2.92. The van der Waals surface area contributed by atoms with Crippen molar-refractivity contribution in [2.45, 2.75) is 32.1 Å². The first-order valence-corrected chi connectivity index (χ1v) is 9.87. The van der Waals surface area contributed by atoms with Gasteiger partial charge in [-0.1, -0.05) is 18.2 Å². The van der Waals surface area contributed by atoms with Gasteiger partial charge in [0.2, 0.25) is 5.95 Å². The second-order valence-electron chi connectivity index (χ2n) is 7.28. The number of piperidine rings is 1. The highest BCUT2D eigenvalue weighted by atomic mass is 16.7. The van der Waals surface area contributed by atoms with Gasteiger partial charge in [0.05, 0.1) is 20.3 Å². The molecule has 2 aromatic rings. The maximum atomic E-state index is 12.7. The van der Waals surface area contributed by atoms with Gasteiger partial charge in [0.15, 0.2) is 5.79 Å². The summed E-state index contributed by atoms with van der Waals surface area (Å²) in [6.45, 7) is 4.99. The Morgan fingerprint density at radius 3 is 2.66 bits per heavy atom. The molecule has 0 saturated carbocycles. The van der Waals surface area contributed by atoms with Crippen molar-refractivity contribution in [3.63, 3.8) is 0 Å².